The van der Waals surface area contributed by atoms with E-state index in [1.807, 2.05) is 12.3 Å². The Kier molecular flexibility index (Phi) is 4.01. The molecule has 3 aromatic rings. The van der Waals surface area contributed by atoms with Crippen molar-refractivity contribution in [3.05, 3.63) is 60.6 Å². The molecule has 0 spiro atoms. The first-order valence-electron chi connectivity index (χ1n) is 8.30. The number of anilines is 1. The van der Waals surface area contributed by atoms with Gasteiger partial charge in [0.1, 0.15) is 17.8 Å². The molecule has 1 saturated heterocycles. The summed E-state index contributed by atoms with van der Waals surface area (Å²) in [4.78, 5) is 16.8. The van der Waals surface area contributed by atoms with Gasteiger partial charge in [-0.2, -0.15) is 0 Å². The minimum atomic E-state index is 0.906. The lowest BCUT2D eigenvalue weighted by Crippen LogP contribution is -2.46. The van der Waals surface area contributed by atoms with E-state index in [4.69, 9.17) is 0 Å². The van der Waals surface area contributed by atoms with Crippen molar-refractivity contribution < 1.29 is 0 Å². The van der Waals surface area contributed by atoms with Crippen LogP contribution in [0.15, 0.2) is 49.4 Å². The number of hydrogen-bond acceptors (Lipinski definition) is 4. The summed E-state index contributed by atoms with van der Waals surface area (Å²) in [6.45, 7) is 8.87. The SMILES string of the molecule is C=Cc1cccc(CN2CCN(c3ncnc4[nH]ccc34)CC2)c1. The molecule has 5 nitrogen and oxygen atoms in total. The van der Waals surface area contributed by atoms with Crippen LogP contribution in [-0.2, 0) is 6.54 Å². The molecule has 1 aliphatic rings. The Morgan fingerprint density at radius 3 is 2.83 bits per heavy atom. The van der Waals surface area contributed by atoms with Gasteiger partial charge in [-0.05, 0) is 17.2 Å². The Labute approximate surface area is 141 Å². The number of fused-ring (bicyclic) bond motifs is 1. The second-order valence-corrected chi connectivity index (χ2v) is 6.15. The first-order chi connectivity index (χ1) is 11.8. The second-order valence-electron chi connectivity index (χ2n) is 6.15. The standard InChI is InChI=1S/C19H21N5/c1-2-15-4-3-5-16(12-15)13-23-8-10-24(11-9-23)19-17-6-7-20-18(17)21-14-22-19/h2-7,12,14H,1,8-11,13H2,(H,20,21,22). The minimum Gasteiger partial charge on any atom is -0.353 e. The maximum absolute atomic E-state index is 4.50. The molecule has 122 valence electrons. The zero-order chi connectivity index (χ0) is 16.4. The van der Waals surface area contributed by atoms with Crippen LogP contribution in [0.5, 0.6) is 0 Å². The Morgan fingerprint density at radius 1 is 1.12 bits per heavy atom. The summed E-state index contributed by atoms with van der Waals surface area (Å²) >= 11 is 0. The highest BCUT2D eigenvalue weighted by molar-refractivity contribution is 5.87. The van der Waals surface area contributed by atoms with Crippen LogP contribution in [0.3, 0.4) is 0 Å². The maximum Gasteiger partial charge on any atom is 0.142 e. The van der Waals surface area contributed by atoms with Crippen LogP contribution in [0, 0.1) is 0 Å². The summed E-state index contributed by atoms with van der Waals surface area (Å²) in [5.41, 5.74) is 3.43. The second kappa shape index (κ2) is 6.45. The summed E-state index contributed by atoms with van der Waals surface area (Å²) < 4.78 is 0. The largest absolute Gasteiger partial charge is 0.353 e. The summed E-state index contributed by atoms with van der Waals surface area (Å²) in [5.74, 6) is 1.04. The summed E-state index contributed by atoms with van der Waals surface area (Å²) in [6, 6.07) is 10.6. The van der Waals surface area contributed by atoms with Gasteiger partial charge in [0.25, 0.3) is 0 Å². The molecule has 5 heteroatoms. The van der Waals surface area contributed by atoms with Gasteiger partial charge in [0, 0.05) is 38.9 Å². The number of benzene rings is 1. The van der Waals surface area contributed by atoms with Gasteiger partial charge < -0.3 is 9.88 Å². The van der Waals surface area contributed by atoms with Crippen molar-refractivity contribution >= 4 is 22.9 Å². The van der Waals surface area contributed by atoms with Gasteiger partial charge in [0.15, 0.2) is 0 Å². The molecule has 0 atom stereocenters. The van der Waals surface area contributed by atoms with Crippen LogP contribution in [0.2, 0.25) is 0 Å². The van der Waals surface area contributed by atoms with E-state index in [0.29, 0.717) is 0 Å². The van der Waals surface area contributed by atoms with E-state index < -0.39 is 0 Å². The molecule has 0 amide bonds. The lowest BCUT2D eigenvalue weighted by atomic mass is 10.1. The van der Waals surface area contributed by atoms with Crippen molar-refractivity contribution in [2.24, 2.45) is 0 Å². The minimum absolute atomic E-state index is 0.906. The van der Waals surface area contributed by atoms with Crippen LogP contribution >= 0.6 is 0 Å². The van der Waals surface area contributed by atoms with Gasteiger partial charge in [0.05, 0.1) is 5.39 Å². The van der Waals surface area contributed by atoms with E-state index in [-0.39, 0.29) is 0 Å². The van der Waals surface area contributed by atoms with Gasteiger partial charge in [-0.25, -0.2) is 9.97 Å². The van der Waals surface area contributed by atoms with Crippen LogP contribution in [0.1, 0.15) is 11.1 Å². The van der Waals surface area contributed by atoms with E-state index in [2.05, 4.69) is 61.7 Å². The predicted octanol–water partition coefficient (Wildman–Crippen LogP) is 2.92. The Hall–Kier alpha value is -2.66. The predicted molar refractivity (Wildman–Crippen MR) is 97.9 cm³/mol. The Bertz CT molecular complexity index is 846. The van der Waals surface area contributed by atoms with Gasteiger partial charge in [-0.15, -0.1) is 0 Å². The Morgan fingerprint density at radius 2 is 2.00 bits per heavy atom. The zero-order valence-electron chi connectivity index (χ0n) is 13.7. The number of aromatic nitrogens is 3. The lowest BCUT2D eigenvalue weighted by Gasteiger charge is -2.35. The molecular weight excluding hydrogens is 298 g/mol. The average Bonchev–Trinajstić information content (AvgIpc) is 3.11. The van der Waals surface area contributed by atoms with E-state index >= 15 is 0 Å². The van der Waals surface area contributed by atoms with Crippen molar-refractivity contribution in [1.29, 1.82) is 0 Å². The molecule has 1 aromatic carbocycles. The van der Waals surface area contributed by atoms with Crippen LogP contribution in [-0.4, -0.2) is 46.0 Å². The van der Waals surface area contributed by atoms with Gasteiger partial charge in [-0.1, -0.05) is 36.9 Å². The normalized spacial score (nSPS) is 15.8. The molecule has 0 radical (unpaired) electrons. The van der Waals surface area contributed by atoms with Gasteiger partial charge >= 0.3 is 0 Å². The molecular formula is C19H21N5. The van der Waals surface area contributed by atoms with Crippen molar-refractivity contribution in [2.75, 3.05) is 31.1 Å². The molecule has 1 N–H and O–H groups in total. The first kappa shape index (κ1) is 14.9. The fourth-order valence-electron chi connectivity index (χ4n) is 3.31. The van der Waals surface area contributed by atoms with Gasteiger partial charge in [0.2, 0.25) is 0 Å². The smallest absolute Gasteiger partial charge is 0.142 e. The number of piperazine rings is 1. The highest BCUT2D eigenvalue weighted by Crippen LogP contribution is 2.23. The Balaban J connectivity index is 1.43. The van der Waals surface area contributed by atoms with Gasteiger partial charge in [-0.3, -0.25) is 4.90 Å². The van der Waals surface area contributed by atoms with E-state index in [0.717, 1.165) is 49.6 Å². The van der Waals surface area contributed by atoms with E-state index in [9.17, 15) is 0 Å². The number of nitrogens with one attached hydrogen (secondary N) is 1. The monoisotopic (exact) mass is 319 g/mol. The third-order valence-electron chi connectivity index (χ3n) is 4.60. The molecule has 0 saturated carbocycles. The summed E-state index contributed by atoms with van der Waals surface area (Å²) in [7, 11) is 0. The lowest BCUT2D eigenvalue weighted by molar-refractivity contribution is 0.249. The fraction of sp³-hybridized carbons (Fsp3) is 0.263. The first-order valence-corrected chi connectivity index (χ1v) is 8.30. The molecule has 1 aliphatic heterocycles. The molecule has 4 rings (SSSR count). The molecule has 2 aromatic heterocycles. The quantitative estimate of drug-likeness (QED) is 0.803. The highest BCUT2D eigenvalue weighted by Gasteiger charge is 2.20. The van der Waals surface area contributed by atoms with Crippen LogP contribution in [0.4, 0.5) is 5.82 Å². The molecule has 3 heterocycles. The topological polar surface area (TPSA) is 48.1 Å². The number of nitrogens with zero attached hydrogens (tertiary/aromatic N) is 4. The number of aromatic amines is 1. The van der Waals surface area contributed by atoms with Crippen LogP contribution in [0.25, 0.3) is 17.1 Å². The fourth-order valence-corrected chi connectivity index (χ4v) is 3.31. The molecule has 0 aliphatic carbocycles. The molecule has 0 bridgehead atoms. The molecule has 0 unspecified atom stereocenters. The summed E-state index contributed by atoms with van der Waals surface area (Å²) in [6.07, 6.45) is 5.46. The number of hydrogen-bond donors (Lipinski definition) is 1. The summed E-state index contributed by atoms with van der Waals surface area (Å²) in [5, 5.41) is 1.10. The number of H-pyrrole nitrogens is 1. The third kappa shape index (κ3) is 2.90. The highest BCUT2D eigenvalue weighted by atomic mass is 15.3. The third-order valence-corrected chi connectivity index (χ3v) is 4.60. The van der Waals surface area contributed by atoms with E-state index in [1.54, 1.807) is 6.33 Å². The van der Waals surface area contributed by atoms with Crippen molar-refractivity contribution in [2.45, 2.75) is 6.54 Å². The number of rotatable bonds is 4. The molecule has 24 heavy (non-hydrogen) atoms. The molecule has 1 fully saturated rings. The van der Waals surface area contributed by atoms with Crippen molar-refractivity contribution in [1.82, 2.24) is 19.9 Å². The maximum atomic E-state index is 4.50. The van der Waals surface area contributed by atoms with E-state index in [1.165, 1.54) is 11.1 Å². The zero-order valence-corrected chi connectivity index (χ0v) is 13.7. The van der Waals surface area contributed by atoms with Crippen molar-refractivity contribution in [3.63, 3.8) is 0 Å². The average molecular weight is 319 g/mol. The van der Waals surface area contributed by atoms with Crippen molar-refractivity contribution in [3.8, 4) is 0 Å². The van der Waals surface area contributed by atoms with Crippen LogP contribution < -0.4 is 4.90 Å².